The number of carbonyl (C=O) groups excluding carboxylic acids is 2. The summed E-state index contributed by atoms with van der Waals surface area (Å²) in [6, 6.07) is 5.16. The van der Waals surface area contributed by atoms with Crippen LogP contribution < -0.4 is 20.4 Å². The Morgan fingerprint density at radius 1 is 1.05 bits per heavy atom. The first-order valence-corrected chi connectivity index (χ1v) is 13.1. The number of nitrogens with zero attached hydrogens (tertiary/aromatic N) is 3. The molecule has 1 saturated heterocycles. The number of rotatable bonds is 3. The van der Waals surface area contributed by atoms with Crippen LogP contribution in [0.4, 0.5) is 11.4 Å². The first-order valence-electron chi connectivity index (χ1n) is 13.1. The van der Waals surface area contributed by atoms with Gasteiger partial charge in [-0.15, -0.1) is 0 Å². The lowest BCUT2D eigenvalue weighted by molar-refractivity contribution is -1.09. The number of aryl methyl sites for hydroxylation is 2. The molecule has 212 valence electrons. The standard InChI is InChI=1S/C29H28N4O8/c1-13-10-18-21-22(26(36)14(2)28(18)39-13)27(37)25(30-15(3)34)29-24(21)31-23-19(40-16(4)35)11-17(12-20(23)41-29)32-6-8-33(5,38)9-7-32/h10-12,38H,6-9H2,1-5H3,(H-,30,31,34,36,37)/p+1. The second-order valence-corrected chi connectivity index (χ2v) is 10.8. The highest BCUT2D eigenvalue weighted by atomic mass is 16.5. The molecule has 1 aliphatic rings. The molecule has 3 N–H and O–H groups in total. The third kappa shape index (κ3) is 4.32. The minimum absolute atomic E-state index is 0.0327. The number of anilines is 2. The van der Waals surface area contributed by atoms with Gasteiger partial charge in [-0.3, -0.25) is 14.4 Å². The fourth-order valence-electron chi connectivity index (χ4n) is 5.50. The van der Waals surface area contributed by atoms with Crippen molar-refractivity contribution in [3.05, 3.63) is 39.7 Å². The minimum atomic E-state index is -0.566. The second kappa shape index (κ2) is 9.18. The Morgan fingerprint density at radius 3 is 2.41 bits per heavy atom. The summed E-state index contributed by atoms with van der Waals surface area (Å²) in [5, 5.41) is 25.1. The smallest absolute Gasteiger partial charge is 0.308 e. The largest absolute Gasteiger partial charge is 0.505 e. The van der Waals surface area contributed by atoms with Crippen molar-refractivity contribution < 1.29 is 38.1 Å². The Labute approximate surface area is 232 Å². The predicted molar refractivity (Wildman–Crippen MR) is 152 cm³/mol. The van der Waals surface area contributed by atoms with Crippen LogP contribution in [0, 0.1) is 13.8 Å². The van der Waals surface area contributed by atoms with Crippen molar-refractivity contribution in [2.45, 2.75) is 27.7 Å². The summed E-state index contributed by atoms with van der Waals surface area (Å²) in [6.07, 6.45) is 0. The van der Waals surface area contributed by atoms with Gasteiger partial charge in [-0.2, -0.15) is 4.65 Å². The molecule has 12 nitrogen and oxygen atoms in total. The number of quaternary nitrogens is 1. The number of hydrogen-bond acceptors (Lipinski definition) is 10. The average molecular weight is 562 g/mol. The van der Waals surface area contributed by atoms with E-state index in [9.17, 15) is 24.7 Å². The van der Waals surface area contributed by atoms with Crippen LogP contribution >= 0.6 is 0 Å². The summed E-state index contributed by atoms with van der Waals surface area (Å²) in [6.45, 7) is 7.93. The summed E-state index contributed by atoms with van der Waals surface area (Å²) in [5.74, 6) is -0.819. The number of phenols is 1. The Hall–Kier alpha value is -4.68. The lowest BCUT2D eigenvalue weighted by Crippen LogP contribution is -2.55. The molecule has 0 atom stereocenters. The van der Waals surface area contributed by atoms with Crippen molar-refractivity contribution in [3.8, 4) is 11.5 Å². The summed E-state index contributed by atoms with van der Waals surface area (Å²) in [4.78, 5) is 44.7. The number of aromatic nitrogens is 1. The quantitative estimate of drug-likeness (QED) is 0.0732. The van der Waals surface area contributed by atoms with E-state index in [0.717, 1.165) is 0 Å². The fraction of sp³-hybridized carbons (Fsp3) is 0.310. The number of hydrogen-bond donors (Lipinski definition) is 3. The highest BCUT2D eigenvalue weighted by Gasteiger charge is 2.30. The maximum atomic E-state index is 13.5. The molecule has 5 aromatic rings. The number of benzene rings is 3. The Kier molecular flexibility index (Phi) is 5.94. The molecule has 3 heterocycles. The molecule has 0 aliphatic carbocycles. The molecule has 1 fully saturated rings. The average Bonchev–Trinajstić information content (AvgIpc) is 3.29. The molecule has 0 saturated carbocycles. The van der Waals surface area contributed by atoms with Crippen LogP contribution in [-0.2, 0) is 9.59 Å². The van der Waals surface area contributed by atoms with Gasteiger partial charge in [-0.1, -0.05) is 0 Å². The number of phenolic OH excluding ortho intramolecular Hbond substituents is 1. The molecule has 6 rings (SSSR count). The van der Waals surface area contributed by atoms with Crippen LogP contribution in [0.1, 0.15) is 25.2 Å². The Balaban J connectivity index is 1.74. The summed E-state index contributed by atoms with van der Waals surface area (Å²) >= 11 is 0. The monoisotopic (exact) mass is 561 g/mol. The number of carbonyl (C=O) groups is 2. The highest BCUT2D eigenvalue weighted by Crippen LogP contribution is 2.45. The molecule has 1 amide bonds. The van der Waals surface area contributed by atoms with Gasteiger partial charge in [-0.05, 0) is 19.9 Å². The van der Waals surface area contributed by atoms with Gasteiger partial charge >= 0.3 is 5.97 Å². The number of aromatic hydroxyl groups is 1. The number of fused-ring (bicyclic) bond motifs is 6. The molecular formula is C29H29N4O8+. The first kappa shape index (κ1) is 26.5. The van der Waals surface area contributed by atoms with Crippen molar-refractivity contribution in [1.29, 1.82) is 0 Å². The van der Waals surface area contributed by atoms with E-state index in [0.29, 0.717) is 54.2 Å². The van der Waals surface area contributed by atoms with E-state index >= 15 is 0 Å². The molecule has 0 bridgehead atoms. The van der Waals surface area contributed by atoms with Gasteiger partial charge in [0.25, 0.3) is 0 Å². The third-order valence-electron chi connectivity index (χ3n) is 7.52. The number of esters is 1. The summed E-state index contributed by atoms with van der Waals surface area (Å²) in [7, 11) is 1.74. The van der Waals surface area contributed by atoms with E-state index in [1.54, 1.807) is 39.1 Å². The van der Waals surface area contributed by atoms with E-state index in [1.165, 1.54) is 13.8 Å². The van der Waals surface area contributed by atoms with E-state index in [2.05, 4.69) is 5.32 Å². The number of ether oxygens (including phenoxy) is 1. The van der Waals surface area contributed by atoms with Gasteiger partial charge in [0.15, 0.2) is 28.1 Å². The van der Waals surface area contributed by atoms with Crippen LogP contribution in [0.25, 0.3) is 43.9 Å². The zero-order valence-corrected chi connectivity index (χ0v) is 23.2. The topological polar surface area (TPSA) is 155 Å². The molecule has 41 heavy (non-hydrogen) atoms. The normalized spacial score (nSPS) is 15.2. The fourth-order valence-corrected chi connectivity index (χ4v) is 5.50. The third-order valence-corrected chi connectivity index (χ3v) is 7.52. The number of hydroxylamine groups is 3. The number of furan rings is 1. The Bertz CT molecular complexity index is 2000. The van der Waals surface area contributed by atoms with Crippen molar-refractivity contribution in [2.75, 3.05) is 43.4 Å². The van der Waals surface area contributed by atoms with E-state index in [-0.39, 0.29) is 49.1 Å². The van der Waals surface area contributed by atoms with Gasteiger partial charge in [0.05, 0.1) is 25.5 Å². The number of nitrogens with one attached hydrogen (secondary N) is 1. The van der Waals surface area contributed by atoms with Gasteiger partial charge in [0, 0.05) is 48.0 Å². The molecule has 0 radical (unpaired) electrons. The maximum Gasteiger partial charge on any atom is 0.308 e. The predicted octanol–water partition coefficient (Wildman–Crippen LogP) is 4.10. The van der Waals surface area contributed by atoms with Crippen molar-refractivity contribution in [3.63, 3.8) is 0 Å². The van der Waals surface area contributed by atoms with Gasteiger partial charge in [0.1, 0.15) is 41.2 Å². The van der Waals surface area contributed by atoms with Crippen molar-refractivity contribution >= 4 is 67.2 Å². The van der Waals surface area contributed by atoms with Crippen LogP contribution in [0.2, 0.25) is 0 Å². The summed E-state index contributed by atoms with van der Waals surface area (Å²) in [5.41, 5.74) is 1.37. The molecule has 0 spiro atoms. The molecular weight excluding hydrogens is 532 g/mol. The number of piperazine rings is 1. The SMILES string of the molecule is CC(=O)Nc1c(O)c2c(=O)c(C)c3oc(C)cc3c2c2nc3c(OC(C)=O)cc(N4CC[N+](C)(O)CC4)cc3oc12. The Morgan fingerprint density at radius 2 is 1.76 bits per heavy atom. The summed E-state index contributed by atoms with van der Waals surface area (Å²) < 4.78 is 17.6. The van der Waals surface area contributed by atoms with Crippen molar-refractivity contribution in [1.82, 2.24) is 4.98 Å². The molecule has 2 aromatic heterocycles. The van der Waals surface area contributed by atoms with Crippen LogP contribution in [0.3, 0.4) is 0 Å². The lowest BCUT2D eigenvalue weighted by atomic mass is 9.99. The lowest BCUT2D eigenvalue weighted by Gasteiger charge is -2.37. The van der Waals surface area contributed by atoms with E-state index < -0.39 is 23.1 Å². The van der Waals surface area contributed by atoms with Gasteiger partial charge < -0.3 is 28.9 Å². The van der Waals surface area contributed by atoms with Crippen molar-refractivity contribution in [2.24, 2.45) is 0 Å². The second-order valence-electron chi connectivity index (χ2n) is 10.8. The van der Waals surface area contributed by atoms with E-state index in [1.807, 2.05) is 4.90 Å². The highest BCUT2D eigenvalue weighted by molar-refractivity contribution is 6.24. The number of likely N-dealkylation sites (N-methyl/N-ethyl adjacent to an activating group) is 1. The molecule has 0 unspecified atom stereocenters. The maximum absolute atomic E-state index is 13.5. The van der Waals surface area contributed by atoms with Gasteiger partial charge in [0.2, 0.25) is 5.91 Å². The zero-order chi connectivity index (χ0) is 29.4. The first-order chi connectivity index (χ1) is 19.3. The van der Waals surface area contributed by atoms with E-state index in [4.69, 9.17) is 18.6 Å². The van der Waals surface area contributed by atoms with Crippen LogP contribution in [0.15, 0.2) is 31.8 Å². The molecule has 1 aliphatic heterocycles. The molecule has 12 heteroatoms. The van der Waals surface area contributed by atoms with Gasteiger partial charge in [-0.25, -0.2) is 10.2 Å². The van der Waals surface area contributed by atoms with Crippen LogP contribution in [0.5, 0.6) is 11.5 Å². The molecule has 3 aromatic carbocycles. The van der Waals surface area contributed by atoms with Crippen LogP contribution in [-0.4, -0.2) is 65.0 Å². The number of amides is 1. The minimum Gasteiger partial charge on any atom is -0.505 e. The zero-order valence-electron chi connectivity index (χ0n) is 23.2.